The van der Waals surface area contributed by atoms with E-state index in [-0.39, 0.29) is 12.5 Å². The van der Waals surface area contributed by atoms with E-state index in [1.54, 1.807) is 0 Å². The van der Waals surface area contributed by atoms with Gasteiger partial charge < -0.3 is 10.1 Å². The second-order valence-electron chi connectivity index (χ2n) is 6.73. The largest absolute Gasteiger partial charge is 0.483 e. The molecule has 3 aromatic rings. The molecular formula is C22H25N3O2. The fourth-order valence-electron chi connectivity index (χ4n) is 3.02. The van der Waals surface area contributed by atoms with Crippen LogP contribution in [0.2, 0.25) is 0 Å². The van der Waals surface area contributed by atoms with Crippen molar-refractivity contribution in [1.82, 2.24) is 9.78 Å². The number of nitrogens with zero attached hydrogens (tertiary/aromatic N) is 2. The van der Waals surface area contributed by atoms with Crippen LogP contribution < -0.4 is 10.1 Å². The molecule has 0 aliphatic heterocycles. The molecule has 0 fully saturated rings. The van der Waals surface area contributed by atoms with E-state index in [0.29, 0.717) is 6.54 Å². The van der Waals surface area contributed by atoms with Gasteiger partial charge >= 0.3 is 0 Å². The molecule has 27 heavy (non-hydrogen) atoms. The van der Waals surface area contributed by atoms with E-state index in [9.17, 15) is 4.79 Å². The van der Waals surface area contributed by atoms with Gasteiger partial charge in [-0.25, -0.2) is 0 Å². The molecule has 5 nitrogen and oxygen atoms in total. The fourth-order valence-corrected chi connectivity index (χ4v) is 3.02. The SMILES string of the molecule is Cc1ccccc1Cn1nc(C)c(NC(=O)COc2ccccc2C)c1C. The summed E-state index contributed by atoms with van der Waals surface area (Å²) in [6, 6.07) is 15.9. The first-order valence-corrected chi connectivity index (χ1v) is 9.02. The van der Waals surface area contributed by atoms with Crippen molar-refractivity contribution in [3.05, 3.63) is 76.6 Å². The first kappa shape index (κ1) is 18.7. The van der Waals surface area contributed by atoms with E-state index < -0.39 is 0 Å². The van der Waals surface area contributed by atoms with Gasteiger partial charge in [0.2, 0.25) is 0 Å². The van der Waals surface area contributed by atoms with Crippen molar-refractivity contribution in [3.8, 4) is 5.75 Å². The number of carbonyl (C=O) groups is 1. The predicted molar refractivity (Wildman–Crippen MR) is 107 cm³/mol. The quantitative estimate of drug-likeness (QED) is 0.715. The van der Waals surface area contributed by atoms with Crippen molar-refractivity contribution in [2.24, 2.45) is 0 Å². The lowest BCUT2D eigenvalue weighted by Crippen LogP contribution is -2.21. The number of benzene rings is 2. The Morgan fingerprint density at radius 3 is 2.37 bits per heavy atom. The van der Waals surface area contributed by atoms with Gasteiger partial charge in [0.15, 0.2) is 6.61 Å². The molecule has 1 heterocycles. The molecule has 0 aliphatic rings. The van der Waals surface area contributed by atoms with Gasteiger partial charge in [0, 0.05) is 0 Å². The minimum absolute atomic E-state index is 0.0350. The topological polar surface area (TPSA) is 56.2 Å². The zero-order valence-electron chi connectivity index (χ0n) is 16.2. The maximum Gasteiger partial charge on any atom is 0.262 e. The van der Waals surface area contributed by atoms with E-state index in [1.165, 1.54) is 11.1 Å². The monoisotopic (exact) mass is 363 g/mol. The van der Waals surface area contributed by atoms with E-state index in [1.807, 2.05) is 61.9 Å². The highest BCUT2D eigenvalue weighted by molar-refractivity contribution is 5.93. The molecule has 3 rings (SSSR count). The normalized spacial score (nSPS) is 10.7. The van der Waals surface area contributed by atoms with Crippen molar-refractivity contribution >= 4 is 11.6 Å². The second kappa shape index (κ2) is 8.08. The minimum Gasteiger partial charge on any atom is -0.483 e. The summed E-state index contributed by atoms with van der Waals surface area (Å²) in [6.45, 7) is 8.56. The van der Waals surface area contributed by atoms with Crippen LogP contribution >= 0.6 is 0 Å². The zero-order valence-corrected chi connectivity index (χ0v) is 16.2. The molecular weight excluding hydrogens is 338 g/mol. The highest BCUT2D eigenvalue weighted by atomic mass is 16.5. The molecule has 2 aromatic carbocycles. The van der Waals surface area contributed by atoms with Gasteiger partial charge in [-0.3, -0.25) is 9.48 Å². The molecule has 1 N–H and O–H groups in total. The van der Waals surface area contributed by atoms with Crippen LogP contribution in [0.1, 0.15) is 28.1 Å². The van der Waals surface area contributed by atoms with Crippen LogP contribution in [0.5, 0.6) is 5.75 Å². The molecule has 0 aliphatic carbocycles. The average Bonchev–Trinajstić information content (AvgIpc) is 2.90. The van der Waals surface area contributed by atoms with Gasteiger partial charge in [-0.1, -0.05) is 42.5 Å². The molecule has 0 atom stereocenters. The first-order valence-electron chi connectivity index (χ1n) is 9.02. The van der Waals surface area contributed by atoms with Crippen LogP contribution in [0, 0.1) is 27.7 Å². The van der Waals surface area contributed by atoms with Crippen LogP contribution in [0.15, 0.2) is 48.5 Å². The van der Waals surface area contributed by atoms with Gasteiger partial charge in [-0.15, -0.1) is 0 Å². The number of carbonyl (C=O) groups excluding carboxylic acids is 1. The summed E-state index contributed by atoms with van der Waals surface area (Å²) in [4.78, 5) is 12.4. The number of aromatic nitrogens is 2. The highest BCUT2D eigenvalue weighted by Gasteiger charge is 2.15. The lowest BCUT2D eigenvalue weighted by atomic mass is 10.1. The van der Waals surface area contributed by atoms with E-state index >= 15 is 0 Å². The molecule has 0 saturated carbocycles. The zero-order chi connectivity index (χ0) is 19.4. The highest BCUT2D eigenvalue weighted by Crippen LogP contribution is 2.21. The molecule has 1 amide bonds. The predicted octanol–water partition coefficient (Wildman–Crippen LogP) is 4.18. The summed E-state index contributed by atoms with van der Waals surface area (Å²) >= 11 is 0. The smallest absolute Gasteiger partial charge is 0.262 e. The Labute approximate surface area is 160 Å². The molecule has 0 saturated heterocycles. The lowest BCUT2D eigenvalue weighted by Gasteiger charge is -2.10. The number of hydrogen-bond acceptors (Lipinski definition) is 3. The number of ether oxygens (including phenoxy) is 1. The van der Waals surface area contributed by atoms with Gasteiger partial charge in [-0.2, -0.15) is 5.10 Å². The average molecular weight is 363 g/mol. The summed E-state index contributed by atoms with van der Waals surface area (Å²) in [6.07, 6.45) is 0. The van der Waals surface area contributed by atoms with Crippen LogP contribution in [0.3, 0.4) is 0 Å². The number of rotatable bonds is 6. The van der Waals surface area contributed by atoms with Gasteiger partial charge in [0.1, 0.15) is 5.75 Å². The van der Waals surface area contributed by atoms with Crippen molar-refractivity contribution in [1.29, 1.82) is 0 Å². The number of hydrogen-bond donors (Lipinski definition) is 1. The Bertz CT molecular complexity index is 960. The molecule has 0 spiro atoms. The molecule has 0 bridgehead atoms. The van der Waals surface area contributed by atoms with Crippen molar-refractivity contribution in [2.45, 2.75) is 34.2 Å². The Morgan fingerprint density at radius 1 is 1.00 bits per heavy atom. The second-order valence-corrected chi connectivity index (χ2v) is 6.73. The third-order valence-electron chi connectivity index (χ3n) is 4.68. The van der Waals surface area contributed by atoms with Crippen LogP contribution in [0.25, 0.3) is 0 Å². The Morgan fingerprint density at radius 2 is 1.67 bits per heavy atom. The molecule has 140 valence electrons. The first-order chi connectivity index (χ1) is 13.0. The molecule has 0 radical (unpaired) electrons. The third-order valence-corrected chi connectivity index (χ3v) is 4.68. The minimum atomic E-state index is -0.195. The van der Waals surface area contributed by atoms with Crippen LogP contribution in [0.4, 0.5) is 5.69 Å². The fraction of sp³-hybridized carbons (Fsp3) is 0.273. The van der Waals surface area contributed by atoms with Gasteiger partial charge in [-0.05, 0) is 50.5 Å². The Hall–Kier alpha value is -3.08. The summed E-state index contributed by atoms with van der Waals surface area (Å²) in [5, 5.41) is 7.53. The molecule has 5 heteroatoms. The number of aryl methyl sites for hydroxylation is 3. The summed E-state index contributed by atoms with van der Waals surface area (Å²) in [5.74, 6) is 0.524. The number of amides is 1. The number of nitrogens with one attached hydrogen (secondary N) is 1. The summed E-state index contributed by atoms with van der Waals surface area (Å²) < 4.78 is 7.56. The van der Waals surface area contributed by atoms with E-state index in [4.69, 9.17) is 4.74 Å². The van der Waals surface area contributed by atoms with Gasteiger partial charge in [0.25, 0.3) is 5.91 Å². The maximum absolute atomic E-state index is 12.4. The van der Waals surface area contributed by atoms with Crippen LogP contribution in [-0.4, -0.2) is 22.3 Å². The van der Waals surface area contributed by atoms with E-state index in [0.717, 1.165) is 28.4 Å². The van der Waals surface area contributed by atoms with Crippen LogP contribution in [-0.2, 0) is 11.3 Å². The third kappa shape index (κ3) is 4.37. The van der Waals surface area contributed by atoms with Crippen molar-refractivity contribution in [2.75, 3.05) is 11.9 Å². The Balaban J connectivity index is 1.68. The van der Waals surface area contributed by atoms with E-state index in [2.05, 4.69) is 29.5 Å². The van der Waals surface area contributed by atoms with Crippen molar-refractivity contribution in [3.63, 3.8) is 0 Å². The number of anilines is 1. The standard InChI is InChI=1S/C22H25N3O2/c1-15-9-5-7-11-19(15)13-25-18(4)22(17(3)24-25)23-21(26)14-27-20-12-8-6-10-16(20)2/h5-12H,13-14H2,1-4H3,(H,23,26). The Kier molecular flexibility index (Phi) is 5.60. The number of para-hydroxylation sites is 1. The van der Waals surface area contributed by atoms with Gasteiger partial charge in [0.05, 0.1) is 23.6 Å². The molecule has 1 aromatic heterocycles. The molecule has 0 unspecified atom stereocenters. The summed E-state index contributed by atoms with van der Waals surface area (Å²) in [7, 11) is 0. The lowest BCUT2D eigenvalue weighted by molar-refractivity contribution is -0.118. The summed E-state index contributed by atoms with van der Waals surface area (Å²) in [5.41, 5.74) is 5.92. The van der Waals surface area contributed by atoms with Crippen molar-refractivity contribution < 1.29 is 9.53 Å². The maximum atomic E-state index is 12.4.